The number of carboxylic acid groups (broad SMARTS) is 1. The van der Waals surface area contributed by atoms with Gasteiger partial charge in [0, 0.05) is 13.1 Å². The van der Waals surface area contributed by atoms with E-state index in [-0.39, 0.29) is 12.1 Å². The number of urea groups is 1. The molecule has 92 valence electrons. The van der Waals surface area contributed by atoms with Gasteiger partial charge in [-0.2, -0.15) is 0 Å². The summed E-state index contributed by atoms with van der Waals surface area (Å²) in [5.41, 5.74) is 0. The minimum atomic E-state index is -0.983. The zero-order chi connectivity index (χ0) is 12.3. The van der Waals surface area contributed by atoms with Crippen LogP contribution in [0, 0.1) is 5.92 Å². The van der Waals surface area contributed by atoms with E-state index >= 15 is 0 Å². The number of amides is 2. The molecule has 0 saturated heterocycles. The van der Waals surface area contributed by atoms with E-state index in [9.17, 15) is 9.59 Å². The van der Waals surface area contributed by atoms with Gasteiger partial charge in [-0.25, -0.2) is 9.59 Å². The molecule has 0 aromatic heterocycles. The fraction of sp³-hybridized carbons (Fsp3) is 0.818. The molecule has 0 aromatic carbocycles. The molecule has 5 heteroatoms. The predicted octanol–water partition coefficient (Wildman–Crippen LogP) is 1.29. The SMILES string of the molecule is CCC(NC(=O)N(C)C(C)C1CC1)C(=O)O. The van der Waals surface area contributed by atoms with Crippen molar-refractivity contribution in [2.24, 2.45) is 5.92 Å². The molecule has 5 nitrogen and oxygen atoms in total. The summed E-state index contributed by atoms with van der Waals surface area (Å²) in [6, 6.07) is -0.902. The lowest BCUT2D eigenvalue weighted by atomic mass is 10.2. The molecular formula is C11H20N2O3. The Bertz CT molecular complexity index is 276. The second kappa shape index (κ2) is 5.18. The van der Waals surface area contributed by atoms with Crippen LogP contribution in [0.15, 0.2) is 0 Å². The fourth-order valence-electron chi connectivity index (χ4n) is 1.67. The summed E-state index contributed by atoms with van der Waals surface area (Å²) in [7, 11) is 1.72. The van der Waals surface area contributed by atoms with Gasteiger partial charge in [-0.1, -0.05) is 6.92 Å². The van der Waals surface area contributed by atoms with E-state index in [1.807, 2.05) is 6.92 Å². The minimum absolute atomic E-state index is 0.186. The lowest BCUT2D eigenvalue weighted by Crippen LogP contribution is -2.49. The zero-order valence-corrected chi connectivity index (χ0v) is 10.1. The van der Waals surface area contributed by atoms with Crippen molar-refractivity contribution in [1.82, 2.24) is 10.2 Å². The van der Waals surface area contributed by atoms with Crippen molar-refractivity contribution in [2.45, 2.75) is 45.2 Å². The third-order valence-corrected chi connectivity index (χ3v) is 3.24. The Morgan fingerprint density at radius 1 is 1.50 bits per heavy atom. The summed E-state index contributed by atoms with van der Waals surface area (Å²) < 4.78 is 0. The maximum Gasteiger partial charge on any atom is 0.326 e. The van der Waals surface area contributed by atoms with Crippen LogP contribution in [0.1, 0.15) is 33.1 Å². The van der Waals surface area contributed by atoms with Crippen molar-refractivity contribution < 1.29 is 14.7 Å². The van der Waals surface area contributed by atoms with E-state index in [0.717, 1.165) is 12.8 Å². The van der Waals surface area contributed by atoms with E-state index in [1.165, 1.54) is 0 Å². The molecule has 2 N–H and O–H groups in total. The van der Waals surface area contributed by atoms with E-state index < -0.39 is 12.0 Å². The molecule has 2 amide bonds. The first-order valence-electron chi connectivity index (χ1n) is 5.73. The molecule has 0 radical (unpaired) electrons. The molecule has 0 aromatic rings. The lowest BCUT2D eigenvalue weighted by Gasteiger charge is -2.26. The zero-order valence-electron chi connectivity index (χ0n) is 10.1. The second-order valence-corrected chi connectivity index (χ2v) is 4.44. The van der Waals surface area contributed by atoms with Gasteiger partial charge >= 0.3 is 12.0 Å². The van der Waals surface area contributed by atoms with Crippen LogP contribution in [0.2, 0.25) is 0 Å². The van der Waals surface area contributed by atoms with Crippen molar-refractivity contribution in [2.75, 3.05) is 7.05 Å². The van der Waals surface area contributed by atoms with Crippen molar-refractivity contribution in [3.63, 3.8) is 0 Å². The average molecular weight is 228 g/mol. The molecule has 0 spiro atoms. The summed E-state index contributed by atoms with van der Waals surface area (Å²) in [5, 5.41) is 11.3. The van der Waals surface area contributed by atoms with Crippen LogP contribution >= 0.6 is 0 Å². The van der Waals surface area contributed by atoms with Gasteiger partial charge in [-0.05, 0) is 32.1 Å². The summed E-state index contributed by atoms with van der Waals surface area (Å²) >= 11 is 0. The van der Waals surface area contributed by atoms with Gasteiger partial charge in [-0.3, -0.25) is 0 Å². The molecular weight excluding hydrogens is 208 g/mol. The molecule has 1 aliphatic rings. The first-order chi connectivity index (χ1) is 7.47. The monoisotopic (exact) mass is 228 g/mol. The third kappa shape index (κ3) is 3.12. The van der Waals surface area contributed by atoms with Crippen LogP contribution in [0.4, 0.5) is 4.79 Å². The largest absolute Gasteiger partial charge is 0.480 e. The van der Waals surface area contributed by atoms with Crippen molar-refractivity contribution in [1.29, 1.82) is 0 Å². The number of carbonyl (C=O) groups is 2. The van der Waals surface area contributed by atoms with E-state index in [4.69, 9.17) is 5.11 Å². The number of carboxylic acids is 1. The van der Waals surface area contributed by atoms with Crippen molar-refractivity contribution >= 4 is 12.0 Å². The Kier molecular flexibility index (Phi) is 4.15. The Morgan fingerprint density at radius 3 is 2.44 bits per heavy atom. The first-order valence-corrected chi connectivity index (χ1v) is 5.73. The van der Waals surface area contributed by atoms with Crippen molar-refractivity contribution in [3.05, 3.63) is 0 Å². The maximum atomic E-state index is 11.7. The smallest absolute Gasteiger partial charge is 0.326 e. The highest BCUT2D eigenvalue weighted by atomic mass is 16.4. The number of nitrogens with one attached hydrogen (secondary N) is 1. The molecule has 1 rings (SSSR count). The molecule has 1 saturated carbocycles. The Labute approximate surface area is 95.8 Å². The van der Waals surface area contributed by atoms with Crippen LogP contribution in [-0.2, 0) is 4.79 Å². The molecule has 2 unspecified atom stereocenters. The van der Waals surface area contributed by atoms with Gasteiger partial charge < -0.3 is 15.3 Å². The highest BCUT2D eigenvalue weighted by Gasteiger charge is 2.33. The number of aliphatic carboxylic acids is 1. The molecule has 1 fully saturated rings. The van der Waals surface area contributed by atoms with Gasteiger partial charge in [0.2, 0.25) is 0 Å². The number of hydrogen-bond donors (Lipinski definition) is 2. The van der Waals surface area contributed by atoms with Gasteiger partial charge in [0.25, 0.3) is 0 Å². The number of carbonyl (C=O) groups excluding carboxylic acids is 1. The Hall–Kier alpha value is -1.26. The second-order valence-electron chi connectivity index (χ2n) is 4.44. The first kappa shape index (κ1) is 12.8. The summed E-state index contributed by atoms with van der Waals surface area (Å²) in [4.78, 5) is 24.1. The minimum Gasteiger partial charge on any atom is -0.480 e. The van der Waals surface area contributed by atoms with Crippen LogP contribution in [-0.4, -0.2) is 41.1 Å². The predicted molar refractivity (Wildman–Crippen MR) is 60.2 cm³/mol. The molecule has 16 heavy (non-hydrogen) atoms. The fourth-order valence-corrected chi connectivity index (χ4v) is 1.67. The highest BCUT2D eigenvalue weighted by molar-refractivity contribution is 5.82. The van der Waals surface area contributed by atoms with E-state index in [1.54, 1.807) is 18.9 Å². The molecule has 2 atom stereocenters. The standard InChI is InChI=1S/C11H20N2O3/c1-4-9(10(14)15)12-11(16)13(3)7(2)8-5-6-8/h7-9H,4-6H2,1-3H3,(H,12,16)(H,14,15). The maximum absolute atomic E-state index is 11.7. The Balaban J connectivity index is 2.46. The van der Waals surface area contributed by atoms with Gasteiger partial charge in [0.15, 0.2) is 0 Å². The molecule has 0 heterocycles. The Morgan fingerprint density at radius 2 is 2.06 bits per heavy atom. The quantitative estimate of drug-likeness (QED) is 0.745. The van der Waals surface area contributed by atoms with Crippen LogP contribution < -0.4 is 5.32 Å². The molecule has 0 bridgehead atoms. The average Bonchev–Trinajstić information content (AvgIpc) is 3.06. The number of rotatable bonds is 5. The summed E-state index contributed by atoms with van der Waals surface area (Å²) in [6.07, 6.45) is 2.72. The van der Waals surface area contributed by atoms with Gasteiger partial charge in [-0.15, -0.1) is 0 Å². The highest BCUT2D eigenvalue weighted by Crippen LogP contribution is 2.34. The number of nitrogens with zero attached hydrogens (tertiary/aromatic N) is 1. The van der Waals surface area contributed by atoms with Crippen LogP contribution in [0.5, 0.6) is 0 Å². The van der Waals surface area contributed by atoms with E-state index in [0.29, 0.717) is 12.3 Å². The normalized spacial score (nSPS) is 18.7. The third-order valence-electron chi connectivity index (χ3n) is 3.24. The molecule has 0 aliphatic heterocycles. The topological polar surface area (TPSA) is 69.6 Å². The molecule has 1 aliphatic carbocycles. The number of hydrogen-bond acceptors (Lipinski definition) is 2. The van der Waals surface area contributed by atoms with Crippen LogP contribution in [0.3, 0.4) is 0 Å². The van der Waals surface area contributed by atoms with Gasteiger partial charge in [0.05, 0.1) is 0 Å². The summed E-state index contributed by atoms with van der Waals surface area (Å²) in [6.45, 7) is 3.74. The van der Waals surface area contributed by atoms with Gasteiger partial charge in [0.1, 0.15) is 6.04 Å². The van der Waals surface area contributed by atoms with Crippen molar-refractivity contribution in [3.8, 4) is 0 Å². The van der Waals surface area contributed by atoms with E-state index in [2.05, 4.69) is 5.32 Å². The van der Waals surface area contributed by atoms with Crippen LogP contribution in [0.25, 0.3) is 0 Å². The summed E-state index contributed by atoms with van der Waals surface area (Å²) in [5.74, 6) is -0.399. The lowest BCUT2D eigenvalue weighted by molar-refractivity contribution is -0.139.